The van der Waals surface area contributed by atoms with Crippen LogP contribution >= 0.6 is 0 Å². The summed E-state index contributed by atoms with van der Waals surface area (Å²) in [4.78, 5) is 31.9. The molecule has 2 heterocycles. The molecule has 2 aromatic heterocycles. The van der Waals surface area contributed by atoms with E-state index in [1.165, 1.54) is 6.20 Å². The lowest BCUT2D eigenvalue weighted by atomic mass is 9.85. The fourth-order valence-electron chi connectivity index (χ4n) is 2.44. The Morgan fingerprint density at radius 2 is 2.33 bits per heavy atom. The standard InChI is InChI=1S/C15H15N3O3/c1-2-14(20)18-15-16-8-10-11(17-15)6-9(7-12(10)19)13-4-3-5-21-13/h3-5,8-9H,2,6-7H2,1H3,(H,16,17,18,20)/t9-/m1/s1. The molecule has 1 aliphatic carbocycles. The molecular weight excluding hydrogens is 270 g/mol. The van der Waals surface area contributed by atoms with Crippen LogP contribution in [0.25, 0.3) is 0 Å². The highest BCUT2D eigenvalue weighted by Gasteiger charge is 2.29. The Morgan fingerprint density at radius 3 is 3.05 bits per heavy atom. The number of nitrogens with one attached hydrogen (secondary N) is 1. The second kappa shape index (κ2) is 5.47. The molecule has 1 atom stereocenters. The fraction of sp³-hybridized carbons (Fsp3) is 0.333. The Labute approximate surface area is 121 Å². The van der Waals surface area contributed by atoms with Crippen LogP contribution < -0.4 is 5.32 Å². The van der Waals surface area contributed by atoms with E-state index >= 15 is 0 Å². The SMILES string of the molecule is CCC(=O)Nc1ncc2c(n1)C[C@@H](c1ccco1)CC2=O. The summed E-state index contributed by atoms with van der Waals surface area (Å²) in [6.45, 7) is 1.75. The van der Waals surface area contributed by atoms with Crippen molar-refractivity contribution in [3.05, 3.63) is 41.6 Å². The molecule has 6 nitrogen and oxygen atoms in total. The van der Waals surface area contributed by atoms with E-state index in [1.807, 2.05) is 12.1 Å². The van der Waals surface area contributed by atoms with Gasteiger partial charge in [-0.05, 0) is 12.1 Å². The maximum absolute atomic E-state index is 12.2. The molecular formula is C15H15N3O3. The predicted octanol–water partition coefficient (Wildman–Crippen LogP) is 2.33. The topological polar surface area (TPSA) is 85.1 Å². The summed E-state index contributed by atoms with van der Waals surface area (Å²) in [6.07, 6.45) is 4.45. The van der Waals surface area contributed by atoms with Gasteiger partial charge in [-0.25, -0.2) is 9.97 Å². The number of furan rings is 1. The molecule has 6 heteroatoms. The van der Waals surface area contributed by atoms with Gasteiger partial charge in [-0.15, -0.1) is 0 Å². The number of hydrogen-bond acceptors (Lipinski definition) is 5. The molecule has 21 heavy (non-hydrogen) atoms. The molecule has 0 fully saturated rings. The maximum Gasteiger partial charge on any atom is 0.229 e. The minimum atomic E-state index is -0.153. The number of fused-ring (bicyclic) bond motifs is 1. The van der Waals surface area contributed by atoms with E-state index in [-0.39, 0.29) is 23.6 Å². The molecule has 3 rings (SSSR count). The molecule has 0 saturated carbocycles. The van der Waals surface area contributed by atoms with Crippen LogP contribution in [0.3, 0.4) is 0 Å². The third kappa shape index (κ3) is 2.69. The monoisotopic (exact) mass is 285 g/mol. The Bertz CT molecular complexity index is 679. The molecule has 0 spiro atoms. The average Bonchev–Trinajstić information content (AvgIpc) is 3.01. The number of rotatable bonds is 3. The zero-order valence-corrected chi connectivity index (χ0v) is 11.6. The highest BCUT2D eigenvalue weighted by Crippen LogP contribution is 2.32. The molecule has 0 aliphatic heterocycles. The van der Waals surface area contributed by atoms with Crippen LogP contribution in [0.1, 0.15) is 47.5 Å². The van der Waals surface area contributed by atoms with Crippen molar-refractivity contribution >= 4 is 17.6 Å². The van der Waals surface area contributed by atoms with Gasteiger partial charge in [0.2, 0.25) is 11.9 Å². The van der Waals surface area contributed by atoms with Crippen molar-refractivity contribution in [1.82, 2.24) is 9.97 Å². The first kappa shape index (κ1) is 13.5. The Hall–Kier alpha value is -2.50. The average molecular weight is 285 g/mol. The van der Waals surface area contributed by atoms with E-state index in [1.54, 1.807) is 13.2 Å². The van der Waals surface area contributed by atoms with Gasteiger partial charge in [0, 0.05) is 31.4 Å². The van der Waals surface area contributed by atoms with Crippen molar-refractivity contribution in [3.63, 3.8) is 0 Å². The highest BCUT2D eigenvalue weighted by molar-refractivity contribution is 5.98. The van der Waals surface area contributed by atoms with Gasteiger partial charge >= 0.3 is 0 Å². The van der Waals surface area contributed by atoms with Gasteiger partial charge in [0.15, 0.2) is 5.78 Å². The van der Waals surface area contributed by atoms with Gasteiger partial charge in [0.25, 0.3) is 0 Å². The van der Waals surface area contributed by atoms with E-state index in [0.29, 0.717) is 30.5 Å². The summed E-state index contributed by atoms with van der Waals surface area (Å²) in [6, 6.07) is 3.67. The van der Waals surface area contributed by atoms with Crippen LogP contribution in [0.15, 0.2) is 29.0 Å². The van der Waals surface area contributed by atoms with Crippen LogP contribution in [0, 0.1) is 0 Å². The molecule has 0 bridgehead atoms. The minimum absolute atomic E-state index is 0.00557. The van der Waals surface area contributed by atoms with Crippen LogP contribution in [0.4, 0.5) is 5.95 Å². The van der Waals surface area contributed by atoms with Gasteiger partial charge in [0.05, 0.1) is 17.5 Å². The molecule has 108 valence electrons. The second-order valence-corrected chi connectivity index (χ2v) is 5.00. The number of carbonyl (C=O) groups is 2. The summed E-state index contributed by atoms with van der Waals surface area (Å²) < 4.78 is 5.38. The van der Waals surface area contributed by atoms with Crippen molar-refractivity contribution in [2.24, 2.45) is 0 Å². The van der Waals surface area contributed by atoms with Crippen LogP contribution in [-0.2, 0) is 11.2 Å². The van der Waals surface area contributed by atoms with Crippen LogP contribution in [0.5, 0.6) is 0 Å². The van der Waals surface area contributed by atoms with E-state index in [9.17, 15) is 9.59 Å². The molecule has 1 amide bonds. The molecule has 0 unspecified atom stereocenters. The molecule has 1 aliphatic rings. The lowest BCUT2D eigenvalue weighted by Crippen LogP contribution is -2.22. The van der Waals surface area contributed by atoms with Crippen molar-refractivity contribution in [1.29, 1.82) is 0 Å². The zero-order chi connectivity index (χ0) is 14.8. The number of amides is 1. The first-order valence-corrected chi connectivity index (χ1v) is 6.89. The number of anilines is 1. The highest BCUT2D eigenvalue weighted by atomic mass is 16.3. The summed E-state index contributed by atoms with van der Waals surface area (Å²) in [5, 5.41) is 2.61. The third-order valence-corrected chi connectivity index (χ3v) is 3.56. The van der Waals surface area contributed by atoms with Gasteiger partial charge < -0.3 is 4.42 Å². The van der Waals surface area contributed by atoms with Gasteiger partial charge in [0.1, 0.15) is 5.76 Å². The Balaban J connectivity index is 1.88. The first-order valence-electron chi connectivity index (χ1n) is 6.89. The summed E-state index contributed by atoms with van der Waals surface area (Å²) in [5.74, 6) is 0.871. The number of aromatic nitrogens is 2. The molecule has 0 aromatic carbocycles. The van der Waals surface area contributed by atoms with Crippen molar-refractivity contribution < 1.29 is 14.0 Å². The predicted molar refractivity (Wildman–Crippen MR) is 75.1 cm³/mol. The number of carbonyl (C=O) groups excluding carboxylic acids is 2. The molecule has 0 saturated heterocycles. The van der Waals surface area contributed by atoms with Crippen LogP contribution in [-0.4, -0.2) is 21.7 Å². The number of nitrogens with zero attached hydrogens (tertiary/aromatic N) is 2. The quantitative estimate of drug-likeness (QED) is 0.935. The summed E-state index contributed by atoms with van der Waals surface area (Å²) in [5.41, 5.74) is 1.20. The van der Waals surface area contributed by atoms with E-state index in [4.69, 9.17) is 4.42 Å². The van der Waals surface area contributed by atoms with Gasteiger partial charge in [-0.2, -0.15) is 0 Å². The number of ketones is 1. The number of hydrogen-bond donors (Lipinski definition) is 1. The molecule has 0 radical (unpaired) electrons. The van der Waals surface area contributed by atoms with E-state index in [2.05, 4.69) is 15.3 Å². The largest absolute Gasteiger partial charge is 0.469 e. The first-order chi connectivity index (χ1) is 10.2. The lowest BCUT2D eigenvalue weighted by molar-refractivity contribution is -0.115. The van der Waals surface area contributed by atoms with E-state index in [0.717, 1.165) is 5.76 Å². The van der Waals surface area contributed by atoms with Crippen molar-refractivity contribution in [2.45, 2.75) is 32.1 Å². The fourth-order valence-corrected chi connectivity index (χ4v) is 2.44. The normalized spacial score (nSPS) is 17.4. The number of Topliss-reactive ketones (excluding diaryl/α,β-unsaturated/α-hetero) is 1. The van der Waals surface area contributed by atoms with Gasteiger partial charge in [-0.3, -0.25) is 14.9 Å². The molecule has 1 N–H and O–H groups in total. The van der Waals surface area contributed by atoms with Crippen molar-refractivity contribution in [2.75, 3.05) is 5.32 Å². The zero-order valence-electron chi connectivity index (χ0n) is 11.6. The molecule has 2 aromatic rings. The third-order valence-electron chi connectivity index (χ3n) is 3.56. The lowest BCUT2D eigenvalue weighted by Gasteiger charge is -2.21. The van der Waals surface area contributed by atoms with Gasteiger partial charge in [-0.1, -0.05) is 6.92 Å². The minimum Gasteiger partial charge on any atom is -0.469 e. The summed E-state index contributed by atoms with van der Waals surface area (Å²) in [7, 11) is 0. The smallest absolute Gasteiger partial charge is 0.229 e. The van der Waals surface area contributed by atoms with Crippen molar-refractivity contribution in [3.8, 4) is 0 Å². The summed E-state index contributed by atoms with van der Waals surface area (Å²) >= 11 is 0. The van der Waals surface area contributed by atoms with Crippen LogP contribution in [0.2, 0.25) is 0 Å². The van der Waals surface area contributed by atoms with E-state index < -0.39 is 0 Å². The Morgan fingerprint density at radius 1 is 1.48 bits per heavy atom. The maximum atomic E-state index is 12.2. The second-order valence-electron chi connectivity index (χ2n) is 5.00. The Kier molecular flexibility index (Phi) is 3.51.